The topological polar surface area (TPSA) is 68.5 Å². The maximum atomic E-state index is 5.64. The zero-order chi connectivity index (χ0) is 23.3. The van der Waals surface area contributed by atoms with E-state index in [0.29, 0.717) is 6.04 Å². The van der Waals surface area contributed by atoms with Gasteiger partial charge in [-0.25, -0.2) is 4.68 Å². The van der Waals surface area contributed by atoms with Crippen molar-refractivity contribution in [3.63, 3.8) is 0 Å². The van der Waals surface area contributed by atoms with E-state index < -0.39 is 0 Å². The molecule has 0 bridgehead atoms. The van der Waals surface area contributed by atoms with Gasteiger partial charge in [-0.05, 0) is 53.1 Å². The van der Waals surface area contributed by atoms with Crippen molar-refractivity contribution in [2.24, 2.45) is 0 Å². The number of nitrogens with zero attached hydrogens (tertiary/aromatic N) is 6. The molecule has 1 saturated heterocycles. The number of hydrogen-bond donors (Lipinski definition) is 0. The van der Waals surface area contributed by atoms with Gasteiger partial charge in [-0.3, -0.25) is 4.90 Å². The number of tetrazole rings is 1. The normalized spacial score (nSPS) is 18.6. The Balaban J connectivity index is 1.47. The average Bonchev–Trinajstić information content (AvgIpc) is 3.39. The lowest BCUT2D eigenvalue weighted by Gasteiger charge is -2.40. The Kier molecular flexibility index (Phi) is 6.94. The van der Waals surface area contributed by atoms with Crippen LogP contribution in [0.2, 0.25) is 0 Å². The van der Waals surface area contributed by atoms with Crippen molar-refractivity contribution in [2.75, 3.05) is 45.3 Å². The van der Waals surface area contributed by atoms with Gasteiger partial charge in [-0.1, -0.05) is 43.5 Å². The van der Waals surface area contributed by atoms with Crippen LogP contribution in [0.15, 0.2) is 48.5 Å². The van der Waals surface area contributed by atoms with E-state index >= 15 is 0 Å². The predicted molar refractivity (Wildman–Crippen MR) is 132 cm³/mol. The molecule has 1 aromatic heterocycles. The second-order valence-electron chi connectivity index (χ2n) is 9.15. The van der Waals surface area contributed by atoms with Crippen molar-refractivity contribution >= 4 is 5.69 Å². The molecule has 1 aliphatic heterocycles. The summed E-state index contributed by atoms with van der Waals surface area (Å²) in [6.07, 6.45) is 6.05. The molecule has 1 saturated carbocycles. The molecular formula is C26H34N6O2. The van der Waals surface area contributed by atoms with Gasteiger partial charge in [0.15, 0.2) is 17.3 Å². The van der Waals surface area contributed by atoms with Gasteiger partial charge in [0.2, 0.25) is 0 Å². The van der Waals surface area contributed by atoms with Crippen LogP contribution in [0.5, 0.6) is 11.5 Å². The van der Waals surface area contributed by atoms with Crippen LogP contribution in [-0.2, 0) is 0 Å². The third-order valence-electron chi connectivity index (χ3n) is 7.21. The second-order valence-corrected chi connectivity index (χ2v) is 9.15. The fraction of sp³-hybridized carbons (Fsp3) is 0.500. The van der Waals surface area contributed by atoms with E-state index in [1.54, 1.807) is 14.2 Å². The minimum absolute atomic E-state index is 0.0466. The van der Waals surface area contributed by atoms with E-state index in [1.807, 2.05) is 6.07 Å². The number of anilines is 1. The monoisotopic (exact) mass is 462 g/mol. The highest BCUT2D eigenvalue weighted by Crippen LogP contribution is 2.37. The van der Waals surface area contributed by atoms with Crippen molar-refractivity contribution in [3.05, 3.63) is 59.9 Å². The number of aromatic nitrogens is 4. The molecule has 1 atom stereocenters. The molecule has 1 aliphatic carbocycles. The summed E-state index contributed by atoms with van der Waals surface area (Å²) in [6.45, 7) is 3.76. The molecule has 2 aliphatic rings. The van der Waals surface area contributed by atoms with Crippen molar-refractivity contribution < 1.29 is 9.47 Å². The van der Waals surface area contributed by atoms with Crippen LogP contribution in [-0.4, -0.2) is 65.5 Å². The maximum Gasteiger partial charge on any atom is 0.173 e. The largest absolute Gasteiger partial charge is 0.493 e. The lowest BCUT2D eigenvalue weighted by Crippen LogP contribution is -2.48. The number of methoxy groups -OCH3 is 2. The maximum absolute atomic E-state index is 5.64. The molecule has 0 N–H and O–H groups in total. The molecule has 8 nitrogen and oxygen atoms in total. The second kappa shape index (κ2) is 10.4. The van der Waals surface area contributed by atoms with E-state index in [-0.39, 0.29) is 6.04 Å². The lowest BCUT2D eigenvalue weighted by molar-refractivity contribution is 0.193. The summed E-state index contributed by atoms with van der Waals surface area (Å²) >= 11 is 0. The minimum Gasteiger partial charge on any atom is -0.493 e. The van der Waals surface area contributed by atoms with Crippen LogP contribution >= 0.6 is 0 Å². The van der Waals surface area contributed by atoms with Crippen molar-refractivity contribution in [1.82, 2.24) is 25.1 Å². The molecular weight excluding hydrogens is 428 g/mol. The summed E-state index contributed by atoms with van der Waals surface area (Å²) in [7, 11) is 3.35. The first-order chi connectivity index (χ1) is 16.8. The average molecular weight is 463 g/mol. The number of hydrogen-bond acceptors (Lipinski definition) is 7. The molecule has 180 valence electrons. The summed E-state index contributed by atoms with van der Waals surface area (Å²) in [5, 5.41) is 13.2. The number of ether oxygens (including phenoxy) is 2. The number of benzene rings is 2. The molecule has 34 heavy (non-hydrogen) atoms. The van der Waals surface area contributed by atoms with E-state index in [1.165, 1.54) is 24.9 Å². The van der Waals surface area contributed by atoms with Gasteiger partial charge in [0.25, 0.3) is 0 Å². The molecule has 2 heterocycles. The number of rotatable bonds is 7. The molecule has 0 radical (unpaired) electrons. The van der Waals surface area contributed by atoms with Crippen LogP contribution < -0.4 is 14.4 Å². The van der Waals surface area contributed by atoms with Crippen molar-refractivity contribution in [1.29, 1.82) is 0 Å². The van der Waals surface area contributed by atoms with Crippen LogP contribution in [0.3, 0.4) is 0 Å². The van der Waals surface area contributed by atoms with Gasteiger partial charge in [-0.2, -0.15) is 0 Å². The van der Waals surface area contributed by atoms with Crippen LogP contribution in [0.25, 0.3) is 0 Å². The first kappa shape index (κ1) is 22.7. The minimum atomic E-state index is -0.0466. The fourth-order valence-electron chi connectivity index (χ4n) is 5.39. The third kappa shape index (κ3) is 4.59. The highest BCUT2D eigenvalue weighted by Gasteiger charge is 2.33. The van der Waals surface area contributed by atoms with E-state index in [4.69, 9.17) is 9.47 Å². The molecule has 0 amide bonds. The lowest BCUT2D eigenvalue weighted by atomic mass is 9.95. The van der Waals surface area contributed by atoms with Crippen molar-refractivity contribution in [2.45, 2.75) is 44.2 Å². The Labute approximate surface area is 201 Å². The summed E-state index contributed by atoms with van der Waals surface area (Å²) in [5.74, 6) is 2.38. The molecule has 2 fully saturated rings. The molecule has 8 heteroatoms. The van der Waals surface area contributed by atoms with Crippen LogP contribution in [0.4, 0.5) is 5.69 Å². The van der Waals surface area contributed by atoms with Gasteiger partial charge in [-0.15, -0.1) is 5.10 Å². The first-order valence-corrected chi connectivity index (χ1v) is 12.3. The Bertz CT molecular complexity index is 1060. The zero-order valence-electron chi connectivity index (χ0n) is 20.1. The van der Waals surface area contributed by atoms with Crippen molar-refractivity contribution in [3.8, 4) is 11.5 Å². The van der Waals surface area contributed by atoms with E-state index in [0.717, 1.165) is 61.9 Å². The molecule has 5 rings (SSSR count). The third-order valence-corrected chi connectivity index (χ3v) is 7.21. The molecule has 0 spiro atoms. The van der Waals surface area contributed by atoms with Gasteiger partial charge in [0, 0.05) is 31.9 Å². The molecule has 3 aromatic rings. The molecule has 0 unspecified atom stereocenters. The standard InChI is InChI=1S/C26H34N6O2/c1-33-23-14-13-20(19-24(23)34-2)25(26-27-28-29-32(26)22-11-7-4-8-12-22)31-17-15-30(16-18-31)21-9-5-3-6-10-21/h3,5-6,9-10,13-14,19,22,25H,4,7-8,11-12,15-18H2,1-2H3/t25-/m1/s1. The van der Waals surface area contributed by atoms with Gasteiger partial charge >= 0.3 is 0 Å². The quantitative estimate of drug-likeness (QED) is 0.523. The SMILES string of the molecule is COc1ccc([C@H](c2nnnn2C2CCCCC2)N2CCN(c3ccccc3)CC2)cc1OC. The predicted octanol–water partition coefficient (Wildman–Crippen LogP) is 4.11. The Morgan fingerprint density at radius 2 is 1.59 bits per heavy atom. The highest BCUT2D eigenvalue weighted by molar-refractivity contribution is 5.47. The van der Waals surface area contributed by atoms with Gasteiger partial charge in [0.05, 0.1) is 26.3 Å². The highest BCUT2D eigenvalue weighted by atomic mass is 16.5. The first-order valence-electron chi connectivity index (χ1n) is 12.3. The Morgan fingerprint density at radius 1 is 0.853 bits per heavy atom. The molecule has 2 aromatic carbocycles. The van der Waals surface area contributed by atoms with E-state index in [2.05, 4.69) is 72.5 Å². The Hall–Kier alpha value is -3.13. The van der Waals surface area contributed by atoms with Crippen LogP contribution in [0, 0.1) is 0 Å². The summed E-state index contributed by atoms with van der Waals surface area (Å²) in [4.78, 5) is 4.96. The smallest absolute Gasteiger partial charge is 0.173 e. The van der Waals surface area contributed by atoms with E-state index in [9.17, 15) is 0 Å². The van der Waals surface area contributed by atoms with Gasteiger partial charge in [0.1, 0.15) is 0 Å². The van der Waals surface area contributed by atoms with Crippen LogP contribution in [0.1, 0.15) is 55.6 Å². The number of piperazine rings is 1. The summed E-state index contributed by atoms with van der Waals surface area (Å²) in [5.41, 5.74) is 2.40. The Morgan fingerprint density at radius 3 is 2.29 bits per heavy atom. The summed E-state index contributed by atoms with van der Waals surface area (Å²) in [6, 6.07) is 17.1. The zero-order valence-corrected chi connectivity index (χ0v) is 20.1. The number of para-hydroxylation sites is 1. The summed E-state index contributed by atoms with van der Waals surface area (Å²) < 4.78 is 13.2. The van der Waals surface area contributed by atoms with Gasteiger partial charge < -0.3 is 14.4 Å². The fourth-order valence-corrected chi connectivity index (χ4v) is 5.39.